The van der Waals surface area contributed by atoms with Crippen molar-refractivity contribution in [1.29, 1.82) is 0 Å². The Balaban J connectivity index is 2.57. The van der Waals surface area contributed by atoms with Crippen molar-refractivity contribution in [2.75, 3.05) is 0 Å². The van der Waals surface area contributed by atoms with Gasteiger partial charge in [0, 0.05) is 5.69 Å². The Hall–Kier alpha value is -2.01. The zero-order valence-electron chi connectivity index (χ0n) is 9.78. The molecule has 2 N–H and O–H groups in total. The highest BCUT2D eigenvalue weighted by Crippen LogP contribution is 2.27. The van der Waals surface area contributed by atoms with Crippen LogP contribution in [0, 0.1) is 13.8 Å². The van der Waals surface area contributed by atoms with Gasteiger partial charge in [-0.2, -0.15) is 0 Å². The zero-order chi connectivity index (χ0) is 13.0. The fourth-order valence-electron chi connectivity index (χ4n) is 2.23. The first-order chi connectivity index (χ1) is 8.49. The van der Waals surface area contributed by atoms with E-state index < -0.39 is 5.97 Å². The summed E-state index contributed by atoms with van der Waals surface area (Å²) in [5, 5.41) is 9.79. The molecule has 0 spiro atoms. The minimum atomic E-state index is -0.990. The van der Waals surface area contributed by atoms with Crippen LogP contribution < -0.4 is 0 Å². The zero-order valence-corrected chi connectivity index (χ0v) is 10.5. The first-order valence-electron chi connectivity index (χ1n) is 5.39. The number of H-pyrrole nitrogens is 1. The van der Waals surface area contributed by atoms with Gasteiger partial charge >= 0.3 is 5.97 Å². The molecule has 0 aliphatic carbocycles. The number of carboxylic acids is 1. The Morgan fingerprint density at radius 1 is 1.44 bits per heavy atom. The molecule has 6 heteroatoms. The van der Waals surface area contributed by atoms with Crippen LogP contribution in [0.5, 0.6) is 0 Å². The number of nitrogens with zero attached hydrogens (tertiary/aromatic N) is 2. The van der Waals surface area contributed by atoms with Gasteiger partial charge in [-0.25, -0.2) is 9.78 Å². The molecule has 18 heavy (non-hydrogen) atoms. The van der Waals surface area contributed by atoms with Crippen LogP contribution >= 0.6 is 11.6 Å². The average Bonchev–Trinajstić information content (AvgIpc) is 2.73. The van der Waals surface area contributed by atoms with Gasteiger partial charge < -0.3 is 10.1 Å². The van der Waals surface area contributed by atoms with Crippen LogP contribution in [0.1, 0.15) is 21.7 Å². The molecule has 0 fully saturated rings. The van der Waals surface area contributed by atoms with Crippen molar-refractivity contribution < 1.29 is 9.90 Å². The van der Waals surface area contributed by atoms with E-state index in [9.17, 15) is 9.90 Å². The SMILES string of the molecule is Cc1cc(Cl)c2nc3[nH]c(C)c(C(=O)O)n3c2c1. The van der Waals surface area contributed by atoms with Crippen LogP contribution in [-0.4, -0.2) is 25.4 Å². The molecule has 0 aliphatic rings. The van der Waals surface area contributed by atoms with E-state index in [2.05, 4.69) is 9.97 Å². The van der Waals surface area contributed by atoms with E-state index in [0.29, 0.717) is 27.5 Å². The number of carboxylic acid groups (broad SMARTS) is 1. The predicted molar refractivity (Wildman–Crippen MR) is 68.5 cm³/mol. The molecule has 0 bridgehead atoms. The van der Waals surface area contributed by atoms with Gasteiger partial charge in [0.2, 0.25) is 5.78 Å². The molecule has 0 amide bonds. The Morgan fingerprint density at radius 3 is 2.83 bits per heavy atom. The molecule has 0 aliphatic heterocycles. The second-order valence-corrected chi connectivity index (χ2v) is 4.70. The van der Waals surface area contributed by atoms with E-state index in [4.69, 9.17) is 11.6 Å². The quantitative estimate of drug-likeness (QED) is 0.709. The first kappa shape index (κ1) is 11.1. The molecular weight excluding hydrogens is 254 g/mol. The fourth-order valence-corrected chi connectivity index (χ4v) is 2.54. The summed E-state index contributed by atoms with van der Waals surface area (Å²) >= 11 is 6.13. The van der Waals surface area contributed by atoms with Gasteiger partial charge in [0.05, 0.1) is 10.5 Å². The number of aromatic carboxylic acids is 1. The maximum Gasteiger partial charge on any atom is 0.354 e. The van der Waals surface area contributed by atoms with Gasteiger partial charge in [-0.1, -0.05) is 11.6 Å². The van der Waals surface area contributed by atoms with Crippen molar-refractivity contribution in [3.05, 3.63) is 34.1 Å². The molecule has 1 aromatic carbocycles. The second kappa shape index (κ2) is 3.49. The summed E-state index contributed by atoms with van der Waals surface area (Å²) in [5.74, 6) is -0.497. The topological polar surface area (TPSA) is 70.4 Å². The summed E-state index contributed by atoms with van der Waals surface area (Å²) < 4.78 is 1.59. The molecule has 0 radical (unpaired) electrons. The summed E-state index contributed by atoms with van der Waals surface area (Å²) in [6.45, 7) is 3.62. The average molecular weight is 264 g/mol. The number of aromatic nitrogens is 3. The molecule has 0 unspecified atom stereocenters. The molecule has 0 saturated heterocycles. The standard InChI is InChI=1S/C12H10ClN3O2/c1-5-3-7(13)9-8(4-5)16-10(11(17)18)6(2)14-12(16)15-9/h3-4H,1-2H3,(H,14,15)(H,17,18). The second-order valence-electron chi connectivity index (χ2n) is 4.29. The summed E-state index contributed by atoms with van der Waals surface area (Å²) in [6, 6.07) is 3.69. The lowest BCUT2D eigenvalue weighted by atomic mass is 10.2. The Labute approximate surface area is 107 Å². The van der Waals surface area contributed by atoms with Crippen LogP contribution in [0.15, 0.2) is 12.1 Å². The van der Waals surface area contributed by atoms with Crippen LogP contribution in [0.4, 0.5) is 0 Å². The van der Waals surface area contributed by atoms with Crippen LogP contribution in [-0.2, 0) is 0 Å². The highest BCUT2D eigenvalue weighted by atomic mass is 35.5. The minimum absolute atomic E-state index is 0.189. The van der Waals surface area contributed by atoms with Gasteiger partial charge in [-0.05, 0) is 31.5 Å². The van der Waals surface area contributed by atoms with Gasteiger partial charge in [0.1, 0.15) is 5.52 Å². The Bertz CT molecular complexity index is 801. The summed E-state index contributed by atoms with van der Waals surface area (Å²) in [6.07, 6.45) is 0. The van der Waals surface area contributed by atoms with Gasteiger partial charge in [0.25, 0.3) is 0 Å². The molecule has 0 atom stereocenters. The molecule has 0 saturated carbocycles. The molecule has 3 rings (SSSR count). The largest absolute Gasteiger partial charge is 0.477 e. The monoisotopic (exact) mass is 263 g/mol. The van der Waals surface area contributed by atoms with E-state index >= 15 is 0 Å². The van der Waals surface area contributed by atoms with Crippen molar-refractivity contribution in [3.63, 3.8) is 0 Å². The fraction of sp³-hybridized carbons (Fsp3) is 0.167. The highest BCUT2D eigenvalue weighted by molar-refractivity contribution is 6.35. The number of fused-ring (bicyclic) bond motifs is 3. The number of nitrogens with one attached hydrogen (secondary N) is 1. The number of rotatable bonds is 1. The van der Waals surface area contributed by atoms with Crippen molar-refractivity contribution in [2.24, 2.45) is 0 Å². The third-order valence-electron chi connectivity index (χ3n) is 2.94. The van der Waals surface area contributed by atoms with E-state index in [1.54, 1.807) is 11.3 Å². The smallest absolute Gasteiger partial charge is 0.354 e. The van der Waals surface area contributed by atoms with E-state index in [-0.39, 0.29) is 5.69 Å². The van der Waals surface area contributed by atoms with Crippen LogP contribution in [0.2, 0.25) is 5.02 Å². The summed E-state index contributed by atoms with van der Waals surface area (Å²) in [5.41, 5.74) is 3.04. The van der Waals surface area contributed by atoms with E-state index in [1.165, 1.54) is 0 Å². The molecular formula is C12H10ClN3O2. The number of aryl methyl sites for hydroxylation is 2. The molecule has 5 nitrogen and oxygen atoms in total. The lowest BCUT2D eigenvalue weighted by Gasteiger charge is -1.99. The number of aromatic amines is 1. The molecule has 2 heterocycles. The third-order valence-corrected chi connectivity index (χ3v) is 3.23. The summed E-state index contributed by atoms with van der Waals surface area (Å²) in [7, 11) is 0. The number of carbonyl (C=O) groups is 1. The normalized spacial score (nSPS) is 11.5. The van der Waals surface area contributed by atoms with Crippen LogP contribution in [0.25, 0.3) is 16.8 Å². The minimum Gasteiger partial charge on any atom is -0.477 e. The number of hydrogen-bond donors (Lipinski definition) is 2. The van der Waals surface area contributed by atoms with Gasteiger partial charge in [-0.3, -0.25) is 4.40 Å². The predicted octanol–water partition coefficient (Wildman–Crippen LogP) is 2.78. The maximum atomic E-state index is 11.3. The van der Waals surface area contributed by atoms with Crippen molar-refractivity contribution in [3.8, 4) is 0 Å². The van der Waals surface area contributed by atoms with E-state index in [0.717, 1.165) is 5.56 Å². The number of benzene rings is 1. The summed E-state index contributed by atoms with van der Waals surface area (Å²) in [4.78, 5) is 18.6. The lowest BCUT2D eigenvalue weighted by Crippen LogP contribution is -2.03. The van der Waals surface area contributed by atoms with Crippen molar-refractivity contribution in [2.45, 2.75) is 13.8 Å². The number of halogens is 1. The number of hydrogen-bond acceptors (Lipinski definition) is 2. The maximum absolute atomic E-state index is 11.3. The number of imidazole rings is 2. The first-order valence-corrected chi connectivity index (χ1v) is 5.77. The molecule has 2 aromatic heterocycles. The Morgan fingerprint density at radius 2 is 2.17 bits per heavy atom. The molecule has 92 valence electrons. The van der Waals surface area contributed by atoms with Gasteiger partial charge in [0.15, 0.2) is 5.69 Å². The van der Waals surface area contributed by atoms with Crippen molar-refractivity contribution >= 4 is 34.4 Å². The Kier molecular flexibility index (Phi) is 2.15. The van der Waals surface area contributed by atoms with Crippen LogP contribution in [0.3, 0.4) is 0 Å². The third kappa shape index (κ3) is 1.34. The molecule has 3 aromatic rings. The lowest BCUT2D eigenvalue weighted by molar-refractivity contribution is 0.0689. The van der Waals surface area contributed by atoms with E-state index in [1.807, 2.05) is 19.1 Å². The van der Waals surface area contributed by atoms with Gasteiger partial charge in [-0.15, -0.1) is 0 Å². The highest BCUT2D eigenvalue weighted by Gasteiger charge is 2.19. The van der Waals surface area contributed by atoms with Crippen molar-refractivity contribution in [1.82, 2.24) is 14.4 Å².